The van der Waals surface area contributed by atoms with Crippen LogP contribution in [0.25, 0.3) is 11.3 Å². The molecule has 132 valence electrons. The third-order valence-electron chi connectivity index (χ3n) is 3.80. The molecule has 0 amide bonds. The number of aromatic amines is 1. The second kappa shape index (κ2) is 6.61. The Bertz CT molecular complexity index is 1110. The number of sulfonamides is 1. The Balaban J connectivity index is 1.91. The summed E-state index contributed by atoms with van der Waals surface area (Å²) >= 11 is 0. The average Bonchev–Trinajstić information content (AvgIpc) is 3.09. The molecule has 2 aromatic carbocycles. The van der Waals surface area contributed by atoms with E-state index in [0.717, 1.165) is 6.07 Å². The van der Waals surface area contributed by atoms with Gasteiger partial charge in [-0.1, -0.05) is 0 Å². The van der Waals surface area contributed by atoms with Crippen LogP contribution in [-0.4, -0.2) is 13.4 Å². The van der Waals surface area contributed by atoms with Crippen LogP contribution in [0.15, 0.2) is 53.6 Å². The van der Waals surface area contributed by atoms with Crippen molar-refractivity contribution in [2.24, 2.45) is 0 Å². The summed E-state index contributed by atoms with van der Waals surface area (Å²) in [6, 6.07) is 11.0. The number of hydrogen-bond donors (Lipinski definition) is 2. The quantitative estimate of drug-likeness (QED) is 0.726. The maximum absolute atomic E-state index is 14.0. The number of halogens is 2. The Kier molecular flexibility index (Phi) is 4.49. The Hall–Kier alpha value is -3.18. The molecule has 0 atom stereocenters. The Morgan fingerprint density at radius 2 is 1.81 bits per heavy atom. The Labute approximate surface area is 149 Å². The number of nitrogens with zero attached hydrogens (tertiary/aromatic N) is 1. The van der Waals surface area contributed by atoms with Crippen LogP contribution in [0, 0.1) is 29.9 Å². The van der Waals surface area contributed by atoms with E-state index in [2.05, 4.69) is 9.71 Å². The van der Waals surface area contributed by atoms with E-state index in [1.165, 1.54) is 42.6 Å². The van der Waals surface area contributed by atoms with Gasteiger partial charge in [-0.05, 0) is 60.5 Å². The molecule has 0 spiro atoms. The van der Waals surface area contributed by atoms with Crippen molar-refractivity contribution < 1.29 is 17.2 Å². The van der Waals surface area contributed by atoms with E-state index in [0.29, 0.717) is 16.8 Å². The van der Waals surface area contributed by atoms with Gasteiger partial charge in [0.15, 0.2) is 0 Å². The maximum Gasteiger partial charge on any atom is 0.263 e. The number of aromatic nitrogens is 1. The fraction of sp³-hybridized carbons (Fsp3) is 0.0556. The zero-order valence-electron chi connectivity index (χ0n) is 13.5. The van der Waals surface area contributed by atoms with E-state index < -0.39 is 21.7 Å². The summed E-state index contributed by atoms with van der Waals surface area (Å²) in [6.07, 6.45) is 1.26. The second-order valence-electron chi connectivity index (χ2n) is 5.62. The van der Waals surface area contributed by atoms with Crippen molar-refractivity contribution in [3.05, 3.63) is 71.4 Å². The summed E-state index contributed by atoms with van der Waals surface area (Å²) in [5, 5.41) is 8.89. The molecule has 8 heteroatoms. The summed E-state index contributed by atoms with van der Waals surface area (Å²) < 4.78 is 54.2. The summed E-state index contributed by atoms with van der Waals surface area (Å²) in [5.74, 6) is -1.24. The molecule has 0 bridgehead atoms. The van der Waals surface area contributed by atoms with Gasteiger partial charge in [-0.3, -0.25) is 4.72 Å². The van der Waals surface area contributed by atoms with Crippen molar-refractivity contribution in [3.8, 4) is 17.3 Å². The molecular formula is C18H13F2N3O2S. The van der Waals surface area contributed by atoms with Crippen molar-refractivity contribution in [2.75, 3.05) is 4.72 Å². The zero-order valence-corrected chi connectivity index (χ0v) is 14.4. The van der Waals surface area contributed by atoms with Crippen molar-refractivity contribution in [1.29, 1.82) is 5.26 Å². The lowest BCUT2D eigenvalue weighted by Gasteiger charge is -2.09. The summed E-state index contributed by atoms with van der Waals surface area (Å²) in [7, 11) is -4.05. The van der Waals surface area contributed by atoms with Gasteiger partial charge in [0.1, 0.15) is 16.5 Å². The maximum atomic E-state index is 14.0. The van der Waals surface area contributed by atoms with Crippen LogP contribution in [0.5, 0.6) is 0 Å². The van der Waals surface area contributed by atoms with Gasteiger partial charge in [-0.15, -0.1) is 0 Å². The van der Waals surface area contributed by atoms with Crippen LogP contribution in [-0.2, 0) is 10.0 Å². The van der Waals surface area contributed by atoms with E-state index in [9.17, 15) is 17.2 Å². The second-order valence-corrected chi connectivity index (χ2v) is 7.30. The number of hydrogen-bond acceptors (Lipinski definition) is 3. The first-order valence-electron chi connectivity index (χ1n) is 7.47. The normalized spacial score (nSPS) is 11.2. The standard InChI is InChI=1S/C18H13F2N3O2S/c1-11-6-18(16(20)7-13(11)9-21)23-26(24,25)15-8-17(22-10-15)12-2-4-14(19)5-3-12/h2-8,10,22-23H,1H3. The van der Waals surface area contributed by atoms with Crippen LogP contribution in [0.2, 0.25) is 0 Å². The number of nitrogens with one attached hydrogen (secondary N) is 2. The lowest BCUT2D eigenvalue weighted by Crippen LogP contribution is -2.13. The molecule has 0 aliphatic carbocycles. The van der Waals surface area contributed by atoms with Gasteiger partial charge in [-0.25, -0.2) is 17.2 Å². The highest BCUT2D eigenvalue weighted by Crippen LogP contribution is 2.25. The van der Waals surface area contributed by atoms with Gasteiger partial charge in [0.25, 0.3) is 10.0 Å². The van der Waals surface area contributed by atoms with E-state index in [4.69, 9.17) is 5.26 Å². The van der Waals surface area contributed by atoms with E-state index >= 15 is 0 Å². The molecule has 26 heavy (non-hydrogen) atoms. The molecule has 0 saturated heterocycles. The number of anilines is 1. The molecule has 5 nitrogen and oxygen atoms in total. The Morgan fingerprint density at radius 1 is 1.12 bits per heavy atom. The zero-order chi connectivity index (χ0) is 18.9. The number of H-pyrrole nitrogens is 1. The number of aryl methyl sites for hydroxylation is 1. The smallest absolute Gasteiger partial charge is 0.263 e. The molecule has 1 heterocycles. The number of benzene rings is 2. The van der Waals surface area contributed by atoms with Crippen LogP contribution in [0.1, 0.15) is 11.1 Å². The molecule has 0 unspecified atom stereocenters. The Morgan fingerprint density at radius 3 is 2.46 bits per heavy atom. The van der Waals surface area contributed by atoms with Gasteiger partial charge in [-0.2, -0.15) is 5.26 Å². The third-order valence-corrected chi connectivity index (χ3v) is 5.15. The molecule has 0 radical (unpaired) electrons. The average molecular weight is 373 g/mol. The van der Waals surface area contributed by atoms with Gasteiger partial charge in [0, 0.05) is 11.9 Å². The lowest BCUT2D eigenvalue weighted by molar-refractivity contribution is 0.598. The summed E-state index contributed by atoms with van der Waals surface area (Å²) in [5.41, 5.74) is 1.42. The minimum atomic E-state index is -4.05. The fourth-order valence-electron chi connectivity index (χ4n) is 2.41. The molecule has 3 aromatic rings. The lowest BCUT2D eigenvalue weighted by atomic mass is 10.1. The van der Waals surface area contributed by atoms with Gasteiger partial charge >= 0.3 is 0 Å². The minimum Gasteiger partial charge on any atom is -0.360 e. The molecule has 0 aliphatic rings. The van der Waals surface area contributed by atoms with E-state index in [1.807, 2.05) is 6.07 Å². The molecule has 0 fully saturated rings. The topological polar surface area (TPSA) is 85.8 Å². The highest BCUT2D eigenvalue weighted by Gasteiger charge is 2.19. The van der Waals surface area contributed by atoms with Crippen LogP contribution in [0.4, 0.5) is 14.5 Å². The van der Waals surface area contributed by atoms with Gasteiger partial charge in [0.05, 0.1) is 17.3 Å². The molecule has 0 saturated carbocycles. The molecule has 1 aromatic heterocycles. The first-order valence-corrected chi connectivity index (χ1v) is 8.96. The minimum absolute atomic E-state index is 0.0989. The van der Waals surface area contributed by atoms with Crippen LogP contribution in [0.3, 0.4) is 0 Å². The predicted molar refractivity (Wildman–Crippen MR) is 92.8 cm³/mol. The monoisotopic (exact) mass is 373 g/mol. The van der Waals surface area contributed by atoms with Crippen molar-refractivity contribution in [2.45, 2.75) is 11.8 Å². The highest BCUT2D eigenvalue weighted by atomic mass is 32.2. The molecule has 2 N–H and O–H groups in total. The van der Waals surface area contributed by atoms with Gasteiger partial charge < -0.3 is 4.98 Å². The van der Waals surface area contributed by atoms with Crippen molar-refractivity contribution in [1.82, 2.24) is 4.98 Å². The number of rotatable bonds is 4. The molecule has 3 rings (SSSR count). The van der Waals surface area contributed by atoms with Crippen molar-refractivity contribution >= 4 is 15.7 Å². The molecular weight excluding hydrogens is 360 g/mol. The van der Waals surface area contributed by atoms with Crippen molar-refractivity contribution in [3.63, 3.8) is 0 Å². The number of nitriles is 1. The first-order chi connectivity index (χ1) is 12.3. The largest absolute Gasteiger partial charge is 0.360 e. The van der Waals surface area contributed by atoms with Gasteiger partial charge in [0.2, 0.25) is 0 Å². The fourth-order valence-corrected chi connectivity index (χ4v) is 3.46. The third kappa shape index (κ3) is 3.43. The SMILES string of the molecule is Cc1cc(NS(=O)(=O)c2c[nH]c(-c3ccc(F)cc3)c2)c(F)cc1C#N. The van der Waals surface area contributed by atoms with Crippen LogP contribution >= 0.6 is 0 Å². The first kappa shape index (κ1) is 17.6. The summed E-state index contributed by atoms with van der Waals surface area (Å²) in [4.78, 5) is 2.70. The van der Waals surface area contributed by atoms with E-state index in [1.54, 1.807) is 6.92 Å². The highest BCUT2D eigenvalue weighted by molar-refractivity contribution is 7.92. The summed E-state index contributed by atoms with van der Waals surface area (Å²) in [6.45, 7) is 1.58. The van der Waals surface area contributed by atoms with E-state index in [-0.39, 0.29) is 16.1 Å². The van der Waals surface area contributed by atoms with Crippen LogP contribution < -0.4 is 4.72 Å². The molecule has 0 aliphatic heterocycles. The predicted octanol–water partition coefficient (Wildman–Crippen LogP) is 3.94.